The Labute approximate surface area is 142 Å². The maximum atomic E-state index is 12.5. The quantitative estimate of drug-likeness (QED) is 0.858. The van der Waals surface area contributed by atoms with Gasteiger partial charge < -0.3 is 9.15 Å². The summed E-state index contributed by atoms with van der Waals surface area (Å²) in [7, 11) is -3.87. The number of benzene rings is 1. The second kappa shape index (κ2) is 6.70. The number of sulfonamides is 1. The highest BCUT2D eigenvalue weighted by Gasteiger charge is 2.28. The number of rotatable bonds is 5. The number of alkyl halides is 2. The Balaban J connectivity index is 1.83. The Morgan fingerprint density at radius 1 is 1.33 bits per heavy atom. The molecule has 1 aliphatic rings. The van der Waals surface area contributed by atoms with Gasteiger partial charge in [-0.2, -0.15) is 8.78 Å². The smallest absolute Gasteiger partial charge is 0.387 e. The molecule has 2 aromatic rings. The number of fused-ring (bicyclic) bond motifs is 1. The van der Waals surface area contributed by atoms with Crippen LogP contribution in [0.4, 0.5) is 8.78 Å². The molecule has 0 aliphatic heterocycles. The van der Waals surface area contributed by atoms with E-state index in [0.717, 1.165) is 36.3 Å². The molecule has 1 aromatic carbocycles. The SMILES string of the molecule is O=S(=O)(NC1CCCc2occc21)c1ccc(OC(F)F)c(Cl)c1. The van der Waals surface area contributed by atoms with E-state index < -0.39 is 22.7 Å². The van der Waals surface area contributed by atoms with Crippen molar-refractivity contribution < 1.29 is 26.4 Å². The molecule has 3 rings (SSSR count). The Morgan fingerprint density at radius 3 is 2.83 bits per heavy atom. The number of furan rings is 1. The van der Waals surface area contributed by atoms with Crippen LogP contribution in [0.15, 0.2) is 39.8 Å². The lowest BCUT2D eigenvalue weighted by atomic mass is 9.94. The van der Waals surface area contributed by atoms with Crippen molar-refractivity contribution in [3.8, 4) is 5.75 Å². The highest BCUT2D eigenvalue weighted by atomic mass is 35.5. The van der Waals surface area contributed by atoms with Gasteiger partial charge in [-0.25, -0.2) is 13.1 Å². The molecule has 1 unspecified atom stereocenters. The summed E-state index contributed by atoms with van der Waals surface area (Å²) >= 11 is 5.82. The first-order valence-corrected chi connectivity index (χ1v) is 9.06. The van der Waals surface area contributed by atoms with Crippen molar-refractivity contribution >= 4 is 21.6 Å². The highest BCUT2D eigenvalue weighted by molar-refractivity contribution is 7.89. The third-order valence-electron chi connectivity index (χ3n) is 3.78. The predicted molar refractivity (Wildman–Crippen MR) is 82.8 cm³/mol. The van der Waals surface area contributed by atoms with E-state index in [1.807, 2.05) is 0 Å². The minimum absolute atomic E-state index is 0.121. The van der Waals surface area contributed by atoms with Gasteiger partial charge in [0.15, 0.2) is 0 Å². The summed E-state index contributed by atoms with van der Waals surface area (Å²) in [5.41, 5.74) is 0.813. The van der Waals surface area contributed by atoms with Crippen molar-refractivity contribution in [2.24, 2.45) is 0 Å². The number of ether oxygens (including phenoxy) is 1. The molecule has 1 aromatic heterocycles. The molecule has 1 N–H and O–H groups in total. The highest BCUT2D eigenvalue weighted by Crippen LogP contribution is 2.33. The zero-order chi connectivity index (χ0) is 17.3. The van der Waals surface area contributed by atoms with Crippen molar-refractivity contribution in [1.82, 2.24) is 4.72 Å². The van der Waals surface area contributed by atoms with E-state index in [9.17, 15) is 17.2 Å². The fraction of sp³-hybridized carbons (Fsp3) is 0.333. The van der Waals surface area contributed by atoms with E-state index in [4.69, 9.17) is 16.0 Å². The molecule has 0 bridgehead atoms. The maximum absolute atomic E-state index is 12.5. The maximum Gasteiger partial charge on any atom is 0.387 e. The number of nitrogens with one attached hydrogen (secondary N) is 1. The van der Waals surface area contributed by atoms with Crippen molar-refractivity contribution in [2.75, 3.05) is 0 Å². The van der Waals surface area contributed by atoms with Gasteiger partial charge in [0.1, 0.15) is 11.5 Å². The summed E-state index contributed by atoms with van der Waals surface area (Å²) in [6, 6.07) is 4.71. The average molecular weight is 378 g/mol. The molecule has 9 heteroatoms. The Morgan fingerprint density at radius 2 is 2.12 bits per heavy atom. The van der Waals surface area contributed by atoms with E-state index in [0.29, 0.717) is 6.42 Å². The molecule has 0 spiro atoms. The number of aryl methyl sites for hydroxylation is 1. The monoisotopic (exact) mass is 377 g/mol. The first kappa shape index (κ1) is 17.2. The molecular formula is C15H14ClF2NO4S. The number of halogens is 3. The third-order valence-corrected chi connectivity index (χ3v) is 5.54. The number of hydrogen-bond donors (Lipinski definition) is 1. The largest absolute Gasteiger partial charge is 0.469 e. The van der Waals surface area contributed by atoms with Gasteiger partial charge in [-0.05, 0) is 37.1 Å². The van der Waals surface area contributed by atoms with Gasteiger partial charge in [0.2, 0.25) is 10.0 Å². The third kappa shape index (κ3) is 3.55. The zero-order valence-electron chi connectivity index (χ0n) is 12.3. The average Bonchev–Trinajstić information content (AvgIpc) is 2.98. The van der Waals surface area contributed by atoms with Crippen LogP contribution in [-0.2, 0) is 16.4 Å². The van der Waals surface area contributed by atoms with Crippen molar-refractivity contribution in [2.45, 2.75) is 36.8 Å². The summed E-state index contributed by atoms with van der Waals surface area (Å²) in [6.07, 6.45) is 3.75. The second-order valence-corrected chi connectivity index (χ2v) is 7.46. The van der Waals surface area contributed by atoms with Crippen LogP contribution in [0.2, 0.25) is 5.02 Å². The fourth-order valence-corrected chi connectivity index (χ4v) is 4.27. The minimum atomic E-state index is -3.87. The van der Waals surface area contributed by atoms with Crippen LogP contribution in [0.3, 0.4) is 0 Å². The lowest BCUT2D eigenvalue weighted by Crippen LogP contribution is -2.30. The fourth-order valence-electron chi connectivity index (χ4n) is 2.70. The molecule has 5 nitrogen and oxygen atoms in total. The van der Waals surface area contributed by atoms with Gasteiger partial charge in [0, 0.05) is 12.0 Å². The van der Waals surface area contributed by atoms with Gasteiger partial charge in [-0.1, -0.05) is 11.6 Å². The topological polar surface area (TPSA) is 68.5 Å². The zero-order valence-corrected chi connectivity index (χ0v) is 13.9. The molecule has 130 valence electrons. The normalized spacial score (nSPS) is 17.8. The lowest BCUT2D eigenvalue weighted by Gasteiger charge is -2.22. The lowest BCUT2D eigenvalue weighted by molar-refractivity contribution is -0.0498. The van der Waals surface area contributed by atoms with Gasteiger partial charge in [0.05, 0.1) is 22.2 Å². The molecule has 0 radical (unpaired) electrons. The van der Waals surface area contributed by atoms with E-state index in [1.165, 1.54) is 12.3 Å². The van der Waals surface area contributed by atoms with E-state index in [-0.39, 0.29) is 15.7 Å². The molecule has 0 saturated heterocycles. The van der Waals surface area contributed by atoms with Gasteiger partial charge in [-0.15, -0.1) is 0 Å². The molecule has 0 amide bonds. The standard InChI is InChI=1S/C15H14ClF2NO4S/c16-11-8-9(4-5-14(11)23-15(17)18)24(20,21)19-12-2-1-3-13-10(12)6-7-22-13/h4-8,12,15,19H,1-3H2. The first-order valence-electron chi connectivity index (χ1n) is 7.20. The molecule has 1 heterocycles. The van der Waals surface area contributed by atoms with E-state index in [1.54, 1.807) is 6.07 Å². The molecular weight excluding hydrogens is 364 g/mol. The van der Waals surface area contributed by atoms with Gasteiger partial charge in [-0.3, -0.25) is 0 Å². The van der Waals surface area contributed by atoms with E-state index >= 15 is 0 Å². The van der Waals surface area contributed by atoms with Crippen LogP contribution in [0.25, 0.3) is 0 Å². The molecule has 0 fully saturated rings. The molecule has 24 heavy (non-hydrogen) atoms. The number of hydrogen-bond acceptors (Lipinski definition) is 4. The summed E-state index contributed by atoms with van der Waals surface area (Å²) in [4.78, 5) is -0.121. The van der Waals surface area contributed by atoms with Crippen LogP contribution in [-0.4, -0.2) is 15.0 Å². The summed E-state index contributed by atoms with van der Waals surface area (Å²) in [5, 5.41) is -0.203. The van der Waals surface area contributed by atoms with Crippen LogP contribution in [0.5, 0.6) is 5.75 Å². The minimum Gasteiger partial charge on any atom is -0.469 e. The molecule has 1 atom stereocenters. The van der Waals surface area contributed by atoms with Crippen molar-refractivity contribution in [3.05, 3.63) is 46.9 Å². The van der Waals surface area contributed by atoms with Crippen LogP contribution in [0.1, 0.15) is 30.2 Å². The van der Waals surface area contributed by atoms with Crippen molar-refractivity contribution in [3.63, 3.8) is 0 Å². The summed E-state index contributed by atoms with van der Waals surface area (Å²) in [6.45, 7) is -3.04. The van der Waals surface area contributed by atoms with Crippen LogP contribution in [0, 0.1) is 0 Å². The van der Waals surface area contributed by atoms with E-state index in [2.05, 4.69) is 9.46 Å². The van der Waals surface area contributed by atoms with Crippen LogP contribution >= 0.6 is 11.6 Å². The first-order chi connectivity index (χ1) is 11.4. The summed E-state index contributed by atoms with van der Waals surface area (Å²) in [5.74, 6) is 0.494. The molecule has 0 saturated carbocycles. The van der Waals surface area contributed by atoms with Crippen molar-refractivity contribution in [1.29, 1.82) is 0 Å². The summed E-state index contributed by atoms with van der Waals surface area (Å²) < 4.78 is 61.7. The Bertz CT molecular complexity index is 838. The Kier molecular flexibility index (Phi) is 4.80. The van der Waals surface area contributed by atoms with Crippen LogP contribution < -0.4 is 9.46 Å². The van der Waals surface area contributed by atoms with Gasteiger partial charge >= 0.3 is 6.61 Å². The predicted octanol–water partition coefficient (Wildman–Crippen LogP) is 3.89. The van der Waals surface area contributed by atoms with Gasteiger partial charge in [0.25, 0.3) is 0 Å². The Hall–Kier alpha value is -1.64. The second-order valence-electron chi connectivity index (χ2n) is 5.34. The molecule has 1 aliphatic carbocycles.